The van der Waals surface area contributed by atoms with Gasteiger partial charge in [0.15, 0.2) is 5.82 Å². The van der Waals surface area contributed by atoms with Crippen LogP contribution in [0.3, 0.4) is 0 Å². The number of pyridine rings is 1. The molecule has 0 amide bonds. The molecule has 2 aromatic heterocycles. The summed E-state index contributed by atoms with van der Waals surface area (Å²) in [4.78, 5) is 27.4. The molecule has 3 aromatic rings. The maximum atomic E-state index is 13.1. The topological polar surface area (TPSA) is 86.4 Å². The van der Waals surface area contributed by atoms with Crippen molar-refractivity contribution in [1.29, 1.82) is 0 Å². The quantitative estimate of drug-likeness (QED) is 0.552. The van der Waals surface area contributed by atoms with Gasteiger partial charge in [0, 0.05) is 42.5 Å². The molecule has 0 saturated carbocycles. The molecule has 0 bridgehead atoms. The Balaban J connectivity index is 1.47. The van der Waals surface area contributed by atoms with Crippen molar-refractivity contribution in [3.05, 3.63) is 64.1 Å². The zero-order chi connectivity index (χ0) is 25.3. The smallest absolute Gasteiger partial charge is 0.377 e. The van der Waals surface area contributed by atoms with Crippen LogP contribution in [0.25, 0.3) is 11.4 Å². The van der Waals surface area contributed by atoms with Crippen LogP contribution in [-0.4, -0.2) is 64.9 Å². The molecular formula is C25H27F3N6O2. The number of nitrogens with zero attached hydrogens (tertiary/aromatic N) is 4. The summed E-state index contributed by atoms with van der Waals surface area (Å²) in [6.07, 6.45) is -3.80. The van der Waals surface area contributed by atoms with Crippen LogP contribution in [0.4, 0.5) is 30.5 Å². The number of fused-ring (bicyclic) bond motifs is 1. The number of morpholine rings is 1. The molecule has 2 aliphatic rings. The van der Waals surface area contributed by atoms with E-state index in [-0.39, 0.29) is 18.1 Å². The van der Waals surface area contributed by atoms with E-state index in [0.29, 0.717) is 50.1 Å². The van der Waals surface area contributed by atoms with Gasteiger partial charge in [0.2, 0.25) is 5.56 Å². The third-order valence-corrected chi connectivity index (χ3v) is 6.36. The van der Waals surface area contributed by atoms with Crippen LogP contribution in [0.5, 0.6) is 0 Å². The Morgan fingerprint density at radius 1 is 1.14 bits per heavy atom. The third kappa shape index (κ3) is 5.52. The van der Waals surface area contributed by atoms with Gasteiger partial charge in [0.1, 0.15) is 11.6 Å². The minimum absolute atomic E-state index is 0.0957. The molecule has 1 saturated heterocycles. The molecule has 1 atom stereocenters. The van der Waals surface area contributed by atoms with Crippen molar-refractivity contribution < 1.29 is 17.9 Å². The molecule has 190 valence electrons. The van der Waals surface area contributed by atoms with E-state index in [0.717, 1.165) is 22.6 Å². The Bertz CT molecular complexity index is 1280. The number of anilines is 3. The van der Waals surface area contributed by atoms with Gasteiger partial charge in [-0.2, -0.15) is 13.2 Å². The number of hydrogen-bond acceptors (Lipinski definition) is 7. The van der Waals surface area contributed by atoms with Crippen LogP contribution in [0, 0.1) is 0 Å². The SMILES string of the molecule is C[C@H]1COCCN1c1nc(-c2ccc(Nc3cccc(=O)[nH]3)cc2)nc2c1CCN(CC(F)(F)F)C2. The summed E-state index contributed by atoms with van der Waals surface area (Å²) in [7, 11) is 0. The molecule has 2 N–H and O–H groups in total. The second-order valence-corrected chi connectivity index (χ2v) is 9.12. The first kappa shape index (κ1) is 24.3. The van der Waals surface area contributed by atoms with E-state index in [1.165, 1.54) is 11.0 Å². The first-order valence-electron chi connectivity index (χ1n) is 11.9. The Morgan fingerprint density at radius 3 is 2.67 bits per heavy atom. The van der Waals surface area contributed by atoms with E-state index in [4.69, 9.17) is 14.7 Å². The van der Waals surface area contributed by atoms with Gasteiger partial charge in [-0.15, -0.1) is 0 Å². The number of benzene rings is 1. The standard InChI is InChI=1S/C25H27F3N6O2/c1-16-14-36-12-11-34(16)24-19-9-10-33(15-25(26,27)28)13-20(19)30-23(32-24)17-5-7-18(8-6-17)29-21-3-2-4-22(35)31-21/h2-8,16H,9-15H2,1H3,(H2,29,31,35)/t16-/m0/s1. The lowest BCUT2D eigenvalue weighted by molar-refractivity contribution is -0.147. The van der Waals surface area contributed by atoms with Crippen molar-refractivity contribution in [3.8, 4) is 11.4 Å². The van der Waals surface area contributed by atoms with Gasteiger partial charge in [-0.05, 0) is 43.7 Å². The zero-order valence-corrected chi connectivity index (χ0v) is 19.8. The third-order valence-electron chi connectivity index (χ3n) is 6.36. The molecule has 0 unspecified atom stereocenters. The molecule has 2 aliphatic heterocycles. The fraction of sp³-hybridized carbons (Fsp3) is 0.400. The fourth-order valence-corrected chi connectivity index (χ4v) is 4.64. The van der Waals surface area contributed by atoms with Crippen LogP contribution in [0.1, 0.15) is 18.2 Å². The first-order valence-corrected chi connectivity index (χ1v) is 11.9. The lowest BCUT2D eigenvalue weighted by atomic mass is 10.0. The van der Waals surface area contributed by atoms with Crippen molar-refractivity contribution in [2.75, 3.05) is 43.1 Å². The highest BCUT2D eigenvalue weighted by molar-refractivity contribution is 5.65. The van der Waals surface area contributed by atoms with E-state index in [9.17, 15) is 18.0 Å². The minimum Gasteiger partial charge on any atom is -0.377 e. The summed E-state index contributed by atoms with van der Waals surface area (Å²) in [6.45, 7) is 3.32. The second-order valence-electron chi connectivity index (χ2n) is 9.12. The van der Waals surface area contributed by atoms with E-state index < -0.39 is 12.7 Å². The number of ether oxygens (including phenoxy) is 1. The molecule has 0 spiro atoms. The molecule has 36 heavy (non-hydrogen) atoms. The lowest BCUT2D eigenvalue weighted by Crippen LogP contribution is -2.46. The average molecular weight is 501 g/mol. The lowest BCUT2D eigenvalue weighted by Gasteiger charge is -2.38. The van der Waals surface area contributed by atoms with E-state index >= 15 is 0 Å². The number of aromatic nitrogens is 3. The number of nitrogens with one attached hydrogen (secondary N) is 2. The van der Waals surface area contributed by atoms with Crippen molar-refractivity contribution in [1.82, 2.24) is 19.9 Å². The number of alkyl halides is 3. The van der Waals surface area contributed by atoms with Gasteiger partial charge in [-0.1, -0.05) is 6.07 Å². The van der Waals surface area contributed by atoms with E-state index in [1.807, 2.05) is 24.3 Å². The van der Waals surface area contributed by atoms with Crippen molar-refractivity contribution >= 4 is 17.3 Å². The highest BCUT2D eigenvalue weighted by Crippen LogP contribution is 2.32. The summed E-state index contributed by atoms with van der Waals surface area (Å²) >= 11 is 0. The van der Waals surface area contributed by atoms with Crippen LogP contribution in [-0.2, 0) is 17.7 Å². The number of aromatic amines is 1. The summed E-state index contributed by atoms with van der Waals surface area (Å²) in [5.41, 5.74) is 2.85. The molecule has 1 fully saturated rings. The average Bonchev–Trinajstić information content (AvgIpc) is 2.83. The molecule has 4 heterocycles. The summed E-state index contributed by atoms with van der Waals surface area (Å²) in [6, 6.07) is 12.3. The van der Waals surface area contributed by atoms with Crippen molar-refractivity contribution in [2.24, 2.45) is 0 Å². The monoisotopic (exact) mass is 500 g/mol. The van der Waals surface area contributed by atoms with E-state index in [1.54, 1.807) is 12.1 Å². The van der Waals surface area contributed by atoms with Gasteiger partial charge in [-0.3, -0.25) is 9.69 Å². The Hall–Kier alpha value is -3.44. The van der Waals surface area contributed by atoms with Crippen molar-refractivity contribution in [2.45, 2.75) is 32.1 Å². The second kappa shape index (κ2) is 9.90. The first-order chi connectivity index (χ1) is 17.2. The van der Waals surface area contributed by atoms with E-state index in [2.05, 4.69) is 22.1 Å². The van der Waals surface area contributed by atoms with Gasteiger partial charge in [0.05, 0.1) is 31.5 Å². The Morgan fingerprint density at radius 2 is 1.94 bits per heavy atom. The van der Waals surface area contributed by atoms with Crippen molar-refractivity contribution in [3.63, 3.8) is 0 Å². The summed E-state index contributed by atoms with van der Waals surface area (Å²) in [5, 5.41) is 3.14. The predicted octanol–water partition coefficient (Wildman–Crippen LogP) is 3.72. The number of H-pyrrole nitrogens is 1. The van der Waals surface area contributed by atoms with Gasteiger partial charge in [-0.25, -0.2) is 9.97 Å². The molecular weight excluding hydrogens is 473 g/mol. The molecule has 11 heteroatoms. The fourth-order valence-electron chi connectivity index (χ4n) is 4.64. The van der Waals surface area contributed by atoms with Gasteiger partial charge < -0.3 is 19.9 Å². The highest BCUT2D eigenvalue weighted by Gasteiger charge is 2.34. The highest BCUT2D eigenvalue weighted by atomic mass is 19.4. The van der Waals surface area contributed by atoms with Crippen LogP contribution >= 0.6 is 0 Å². The summed E-state index contributed by atoms with van der Waals surface area (Å²) < 4.78 is 44.8. The van der Waals surface area contributed by atoms with Gasteiger partial charge in [0.25, 0.3) is 0 Å². The van der Waals surface area contributed by atoms with Crippen LogP contribution in [0.15, 0.2) is 47.3 Å². The zero-order valence-electron chi connectivity index (χ0n) is 19.8. The predicted molar refractivity (Wildman–Crippen MR) is 130 cm³/mol. The number of rotatable bonds is 5. The largest absolute Gasteiger partial charge is 0.401 e. The van der Waals surface area contributed by atoms with Crippen LogP contribution < -0.4 is 15.8 Å². The minimum atomic E-state index is -4.26. The molecule has 0 radical (unpaired) electrons. The molecule has 0 aliphatic carbocycles. The van der Waals surface area contributed by atoms with Crippen LogP contribution in [0.2, 0.25) is 0 Å². The molecule has 1 aromatic carbocycles. The normalized spacial score (nSPS) is 18.7. The maximum absolute atomic E-state index is 13.1. The Labute approximate surface area is 206 Å². The van der Waals surface area contributed by atoms with Gasteiger partial charge >= 0.3 is 6.18 Å². The Kier molecular flexibility index (Phi) is 6.67. The molecule has 8 nitrogen and oxygen atoms in total. The number of halogens is 3. The molecule has 5 rings (SSSR count). The summed E-state index contributed by atoms with van der Waals surface area (Å²) in [5.74, 6) is 1.81. The maximum Gasteiger partial charge on any atom is 0.401 e. The number of hydrogen-bond donors (Lipinski definition) is 2.